The van der Waals surface area contributed by atoms with Crippen LogP contribution in [-0.4, -0.2) is 6.61 Å². The summed E-state index contributed by atoms with van der Waals surface area (Å²) in [4.78, 5) is 10.3. The number of nitrogens with one attached hydrogen (secondary N) is 1. The van der Waals surface area contributed by atoms with Crippen LogP contribution in [0.1, 0.15) is 36.9 Å². The van der Waals surface area contributed by atoms with E-state index in [9.17, 15) is 0 Å². The maximum absolute atomic E-state index is 7.64. The predicted octanol–water partition coefficient (Wildman–Crippen LogP) is 2.68. The van der Waals surface area contributed by atoms with Gasteiger partial charge in [-0.3, -0.25) is 5.73 Å². The molecule has 0 aromatic heterocycles. The Balaban J connectivity index is 2.27. The molecule has 1 N–H and O–H groups in total. The van der Waals surface area contributed by atoms with Gasteiger partial charge >= 0.3 is 0 Å². The smallest absolute Gasteiger partial charge is 0.168 e. The van der Waals surface area contributed by atoms with E-state index in [1.165, 1.54) is 5.56 Å². The fourth-order valence-electron chi connectivity index (χ4n) is 1.71. The monoisotopic (exact) mass is 206 g/mol. The van der Waals surface area contributed by atoms with Crippen molar-refractivity contribution in [1.82, 2.24) is 5.73 Å². The molecule has 0 spiro atoms. The van der Waals surface area contributed by atoms with Crippen molar-refractivity contribution in [2.45, 2.75) is 32.2 Å². The van der Waals surface area contributed by atoms with Crippen molar-refractivity contribution in [3.8, 4) is 5.75 Å². The second kappa shape index (κ2) is 4.64. The molecular weight excluding hydrogens is 190 g/mol. The van der Waals surface area contributed by atoms with Crippen molar-refractivity contribution in [1.29, 1.82) is 0 Å². The summed E-state index contributed by atoms with van der Waals surface area (Å²) in [6, 6.07) is 5.74. The van der Waals surface area contributed by atoms with Crippen molar-refractivity contribution in [3.63, 3.8) is 0 Å². The van der Waals surface area contributed by atoms with Gasteiger partial charge in [0.2, 0.25) is 0 Å². The average molecular weight is 206 g/mol. The van der Waals surface area contributed by atoms with Gasteiger partial charge in [0.05, 0.1) is 6.61 Å². The van der Waals surface area contributed by atoms with Crippen molar-refractivity contribution in [2.24, 2.45) is 0 Å². The lowest BCUT2D eigenvalue weighted by Gasteiger charge is -2.15. The minimum atomic E-state index is -0.218. The first-order valence-electron chi connectivity index (χ1n) is 5.41. The Bertz CT molecular complexity index is 336. The summed E-state index contributed by atoms with van der Waals surface area (Å²) in [5.41, 5.74) is 9.79. The fraction of sp³-hybridized carbons (Fsp3) is 0.500. The second-order valence-corrected chi connectivity index (χ2v) is 3.95. The lowest BCUT2D eigenvalue weighted by atomic mass is 10.0. The van der Waals surface area contributed by atoms with Crippen LogP contribution in [0.15, 0.2) is 18.2 Å². The highest BCUT2D eigenvalue weighted by molar-refractivity contribution is 5.38. The number of hydrogen-bond acceptors (Lipinski definition) is 2. The SMILES string of the molecule is CC([NH])c1ccc2c(c1)OOCCCC2. The van der Waals surface area contributed by atoms with Crippen molar-refractivity contribution >= 4 is 0 Å². The molecule has 0 saturated heterocycles. The number of rotatable bonds is 1. The molecule has 0 saturated carbocycles. The third kappa shape index (κ3) is 2.49. The second-order valence-electron chi connectivity index (χ2n) is 3.95. The highest BCUT2D eigenvalue weighted by atomic mass is 17.2. The molecule has 15 heavy (non-hydrogen) atoms. The van der Waals surface area contributed by atoms with Crippen LogP contribution in [0.25, 0.3) is 0 Å². The first-order valence-corrected chi connectivity index (χ1v) is 5.41. The molecule has 0 fully saturated rings. The molecule has 1 atom stereocenters. The van der Waals surface area contributed by atoms with Crippen LogP contribution in [0, 0.1) is 0 Å². The van der Waals surface area contributed by atoms with E-state index in [2.05, 4.69) is 0 Å². The van der Waals surface area contributed by atoms with Crippen LogP contribution in [0.2, 0.25) is 0 Å². The Morgan fingerprint density at radius 3 is 3.00 bits per heavy atom. The van der Waals surface area contributed by atoms with Gasteiger partial charge in [0.15, 0.2) is 5.75 Å². The summed E-state index contributed by atoms with van der Waals surface area (Å²) in [6.07, 6.45) is 3.20. The van der Waals surface area contributed by atoms with Gasteiger partial charge in [0, 0.05) is 6.04 Å². The van der Waals surface area contributed by atoms with Gasteiger partial charge in [-0.2, -0.15) is 4.89 Å². The molecule has 2 rings (SSSR count). The molecule has 0 aliphatic carbocycles. The lowest BCUT2D eigenvalue weighted by Crippen LogP contribution is -2.07. The maximum Gasteiger partial charge on any atom is 0.168 e. The first-order chi connectivity index (χ1) is 7.27. The highest BCUT2D eigenvalue weighted by Gasteiger charge is 2.11. The van der Waals surface area contributed by atoms with Crippen LogP contribution in [-0.2, 0) is 11.3 Å². The van der Waals surface area contributed by atoms with Crippen LogP contribution in [0.5, 0.6) is 5.75 Å². The lowest BCUT2D eigenvalue weighted by molar-refractivity contribution is -0.209. The average Bonchev–Trinajstić information content (AvgIpc) is 2.18. The van der Waals surface area contributed by atoms with Gasteiger partial charge in [-0.15, -0.1) is 0 Å². The van der Waals surface area contributed by atoms with E-state index in [1.54, 1.807) is 0 Å². The Morgan fingerprint density at radius 1 is 1.33 bits per heavy atom. The van der Waals surface area contributed by atoms with Gasteiger partial charge in [-0.05, 0) is 43.4 Å². The molecular formula is C12H16NO2. The summed E-state index contributed by atoms with van der Waals surface area (Å²) in [5.74, 6) is 0.784. The molecule has 81 valence electrons. The molecule has 3 nitrogen and oxygen atoms in total. The number of fused-ring (bicyclic) bond motifs is 1. The zero-order valence-corrected chi connectivity index (χ0v) is 8.95. The number of aryl methyl sites for hydroxylation is 1. The quantitative estimate of drug-likeness (QED) is 0.663. The van der Waals surface area contributed by atoms with E-state index in [-0.39, 0.29) is 6.04 Å². The summed E-state index contributed by atoms with van der Waals surface area (Å²) in [5, 5.41) is 0. The molecule has 1 radical (unpaired) electrons. The Morgan fingerprint density at radius 2 is 2.20 bits per heavy atom. The van der Waals surface area contributed by atoms with Crippen molar-refractivity contribution < 1.29 is 9.78 Å². The Labute approximate surface area is 90.1 Å². The minimum Gasteiger partial charge on any atom is -0.337 e. The van der Waals surface area contributed by atoms with E-state index in [0.29, 0.717) is 6.61 Å². The predicted molar refractivity (Wildman–Crippen MR) is 57.5 cm³/mol. The summed E-state index contributed by atoms with van der Waals surface area (Å²) in [7, 11) is 0. The van der Waals surface area contributed by atoms with Crippen LogP contribution in [0.4, 0.5) is 0 Å². The summed E-state index contributed by atoms with van der Waals surface area (Å²) in [6.45, 7) is 2.51. The number of hydrogen-bond donors (Lipinski definition) is 0. The van der Waals surface area contributed by atoms with Gasteiger partial charge in [-0.25, -0.2) is 0 Å². The van der Waals surface area contributed by atoms with Gasteiger partial charge in [-0.1, -0.05) is 12.1 Å². The van der Waals surface area contributed by atoms with Crippen molar-refractivity contribution in [2.75, 3.05) is 6.61 Å². The van der Waals surface area contributed by atoms with Gasteiger partial charge in [0.25, 0.3) is 0 Å². The molecule has 1 aliphatic rings. The zero-order valence-electron chi connectivity index (χ0n) is 8.95. The Hall–Kier alpha value is -1.06. The largest absolute Gasteiger partial charge is 0.337 e. The van der Waals surface area contributed by atoms with Crippen LogP contribution in [0.3, 0.4) is 0 Å². The highest BCUT2D eigenvalue weighted by Crippen LogP contribution is 2.26. The third-order valence-corrected chi connectivity index (χ3v) is 2.66. The first kappa shape index (κ1) is 10.5. The summed E-state index contributed by atoms with van der Waals surface area (Å²) < 4.78 is 0. The molecule has 1 heterocycles. The summed E-state index contributed by atoms with van der Waals surface area (Å²) >= 11 is 0. The molecule has 1 aliphatic heterocycles. The van der Waals surface area contributed by atoms with E-state index >= 15 is 0 Å². The van der Waals surface area contributed by atoms with Crippen molar-refractivity contribution in [3.05, 3.63) is 29.3 Å². The van der Waals surface area contributed by atoms with E-state index in [0.717, 1.165) is 30.6 Å². The fourth-order valence-corrected chi connectivity index (χ4v) is 1.71. The topological polar surface area (TPSA) is 42.3 Å². The zero-order chi connectivity index (χ0) is 10.7. The molecule has 0 amide bonds. The van der Waals surface area contributed by atoms with E-state index < -0.39 is 0 Å². The van der Waals surface area contributed by atoms with Gasteiger partial charge < -0.3 is 4.89 Å². The van der Waals surface area contributed by atoms with E-state index in [4.69, 9.17) is 15.5 Å². The molecule has 1 unspecified atom stereocenters. The normalized spacial score (nSPS) is 18.3. The van der Waals surface area contributed by atoms with Crippen LogP contribution < -0.4 is 10.6 Å². The molecule has 3 heteroatoms. The minimum absolute atomic E-state index is 0.218. The maximum atomic E-state index is 7.64. The molecule has 1 aromatic carbocycles. The Kier molecular flexibility index (Phi) is 3.23. The molecule has 1 aromatic rings. The third-order valence-electron chi connectivity index (χ3n) is 2.66. The molecule has 0 bridgehead atoms. The number of benzene rings is 1. The van der Waals surface area contributed by atoms with Gasteiger partial charge in [0.1, 0.15) is 0 Å². The van der Waals surface area contributed by atoms with E-state index in [1.807, 2.05) is 25.1 Å². The standard InChI is InChI=1S/C12H16NO2/c1-9(13)11-6-5-10-4-2-3-7-14-15-12(10)8-11/h5-6,8-9,13H,2-4,7H2,1H3. The van der Waals surface area contributed by atoms with Crippen LogP contribution >= 0.6 is 0 Å².